The van der Waals surface area contributed by atoms with Gasteiger partial charge in [0, 0.05) is 0 Å². The van der Waals surface area contributed by atoms with Crippen LogP contribution >= 0.6 is 0 Å². The zero-order chi connectivity index (χ0) is 11.2. The summed E-state index contributed by atoms with van der Waals surface area (Å²) in [6.45, 7) is 2.29. The van der Waals surface area contributed by atoms with Crippen LogP contribution in [0.2, 0.25) is 4.37 Å². The predicted octanol–water partition coefficient (Wildman–Crippen LogP) is 2.71. The van der Waals surface area contributed by atoms with Crippen LogP contribution in [-0.2, 0) is 0 Å². The summed E-state index contributed by atoms with van der Waals surface area (Å²) in [5.74, 6) is 0. The number of hydrogen-bond acceptors (Lipinski definition) is 0. The van der Waals surface area contributed by atoms with Gasteiger partial charge in [-0.15, -0.1) is 0 Å². The summed E-state index contributed by atoms with van der Waals surface area (Å²) in [6, 6.07) is 22.2. The summed E-state index contributed by atoms with van der Waals surface area (Å²) >= 11 is -1.43. The molecule has 2 rings (SSSR count). The van der Waals surface area contributed by atoms with E-state index in [0.29, 0.717) is 0 Å². The topological polar surface area (TPSA) is 0 Å². The number of rotatable bonds is 4. The molecule has 0 atom stereocenters. The molecule has 0 nitrogen and oxygen atoms in total. The van der Waals surface area contributed by atoms with Crippen molar-refractivity contribution in [3.63, 3.8) is 0 Å². The Morgan fingerprint density at radius 3 is 1.56 bits per heavy atom. The maximum atomic E-state index is 2.31. The van der Waals surface area contributed by atoms with Crippen molar-refractivity contribution in [2.45, 2.75) is 17.7 Å². The van der Waals surface area contributed by atoms with E-state index in [9.17, 15) is 0 Å². The Morgan fingerprint density at radius 1 is 0.750 bits per heavy atom. The molecule has 0 fully saturated rings. The Kier molecular flexibility index (Phi) is 4.48. The molecule has 1 heteroatoms. The van der Waals surface area contributed by atoms with E-state index in [1.807, 2.05) is 0 Å². The number of benzene rings is 2. The summed E-state index contributed by atoms with van der Waals surface area (Å²) in [7, 11) is 0. The van der Waals surface area contributed by atoms with Crippen LogP contribution in [0.4, 0.5) is 0 Å². The second-order valence-corrected chi connectivity index (χ2v) is 10.5. The first kappa shape index (κ1) is 11.7. The van der Waals surface area contributed by atoms with Crippen LogP contribution in [-0.4, -0.2) is 20.2 Å². The molecule has 0 aliphatic carbocycles. The van der Waals surface area contributed by atoms with Gasteiger partial charge in [0.05, 0.1) is 0 Å². The average molecular weight is 319 g/mol. The Balaban J connectivity index is 2.31. The molecule has 0 N–H and O–H groups in total. The van der Waals surface area contributed by atoms with Crippen LogP contribution in [0.25, 0.3) is 0 Å². The van der Waals surface area contributed by atoms with E-state index < -0.39 is 20.2 Å². The van der Waals surface area contributed by atoms with Crippen molar-refractivity contribution < 1.29 is 0 Å². The molecule has 0 radical (unpaired) electrons. The Hall–Kier alpha value is -0.742. The minimum absolute atomic E-state index is 1.30. The fraction of sp³-hybridized carbons (Fsp3) is 0.200. The van der Waals surface area contributed by atoms with Crippen molar-refractivity contribution in [3.05, 3.63) is 60.7 Å². The van der Waals surface area contributed by atoms with E-state index in [1.165, 1.54) is 10.8 Å². The summed E-state index contributed by atoms with van der Waals surface area (Å²) in [6.07, 6.45) is 1.30. The van der Waals surface area contributed by atoms with E-state index in [0.717, 1.165) is 0 Å². The van der Waals surface area contributed by atoms with Crippen molar-refractivity contribution in [2.75, 3.05) is 0 Å². The molecule has 0 saturated heterocycles. The molecule has 0 saturated carbocycles. The van der Waals surface area contributed by atoms with Crippen LogP contribution in [0.15, 0.2) is 60.7 Å². The molecular formula is C15H17Sb. The molecule has 0 heterocycles. The van der Waals surface area contributed by atoms with Gasteiger partial charge < -0.3 is 0 Å². The zero-order valence-corrected chi connectivity index (χ0v) is 12.2. The summed E-state index contributed by atoms with van der Waals surface area (Å²) in [5.41, 5.74) is 0. The summed E-state index contributed by atoms with van der Waals surface area (Å²) in [4.78, 5) is 0. The molecule has 0 aliphatic heterocycles. The van der Waals surface area contributed by atoms with Crippen LogP contribution in [0.3, 0.4) is 0 Å². The second kappa shape index (κ2) is 6.11. The van der Waals surface area contributed by atoms with Crippen molar-refractivity contribution in [3.8, 4) is 0 Å². The summed E-state index contributed by atoms with van der Waals surface area (Å²) < 4.78 is 4.62. The molecule has 0 aliphatic rings. The van der Waals surface area contributed by atoms with E-state index in [2.05, 4.69) is 67.6 Å². The van der Waals surface area contributed by atoms with Gasteiger partial charge >= 0.3 is 106 Å². The minimum atomic E-state index is -1.43. The van der Waals surface area contributed by atoms with Gasteiger partial charge in [-0.1, -0.05) is 0 Å². The molecule has 0 bridgehead atoms. The SMILES string of the molecule is CC[CH2][Sb]([c]1ccccc1)[c]1ccccc1. The third-order valence-electron chi connectivity index (χ3n) is 2.58. The molecule has 0 aromatic heterocycles. The fourth-order valence-corrected chi connectivity index (χ4v) is 8.48. The van der Waals surface area contributed by atoms with Crippen LogP contribution in [0.1, 0.15) is 13.3 Å². The first-order chi connectivity index (χ1) is 7.92. The number of hydrogen-bond donors (Lipinski definition) is 0. The van der Waals surface area contributed by atoms with E-state index >= 15 is 0 Å². The first-order valence-corrected chi connectivity index (χ1v) is 10.1. The molecule has 2 aromatic carbocycles. The normalized spacial score (nSPS) is 10.6. The monoisotopic (exact) mass is 318 g/mol. The Morgan fingerprint density at radius 2 is 1.19 bits per heavy atom. The van der Waals surface area contributed by atoms with Crippen molar-refractivity contribution in [1.29, 1.82) is 0 Å². The average Bonchev–Trinajstić information content (AvgIpc) is 2.38. The molecule has 16 heavy (non-hydrogen) atoms. The second-order valence-electron chi connectivity index (χ2n) is 3.82. The fourth-order valence-electron chi connectivity index (χ4n) is 1.85. The quantitative estimate of drug-likeness (QED) is 0.760. The van der Waals surface area contributed by atoms with Crippen LogP contribution < -0.4 is 7.02 Å². The van der Waals surface area contributed by atoms with Gasteiger partial charge in [0.15, 0.2) is 0 Å². The van der Waals surface area contributed by atoms with Gasteiger partial charge in [-0.05, 0) is 0 Å². The third kappa shape index (κ3) is 2.89. The first-order valence-electron chi connectivity index (χ1n) is 5.79. The van der Waals surface area contributed by atoms with Crippen molar-refractivity contribution in [2.24, 2.45) is 0 Å². The van der Waals surface area contributed by atoms with E-state index in [1.54, 1.807) is 7.02 Å². The van der Waals surface area contributed by atoms with E-state index in [-0.39, 0.29) is 0 Å². The predicted molar refractivity (Wildman–Crippen MR) is 73.0 cm³/mol. The Bertz CT molecular complexity index is 368. The van der Waals surface area contributed by atoms with E-state index in [4.69, 9.17) is 0 Å². The van der Waals surface area contributed by atoms with Crippen LogP contribution in [0, 0.1) is 0 Å². The molecule has 82 valence electrons. The van der Waals surface area contributed by atoms with Gasteiger partial charge in [0.25, 0.3) is 0 Å². The van der Waals surface area contributed by atoms with Gasteiger partial charge in [0.1, 0.15) is 0 Å². The van der Waals surface area contributed by atoms with Crippen molar-refractivity contribution in [1.82, 2.24) is 0 Å². The molecule has 2 aromatic rings. The molecular weight excluding hydrogens is 302 g/mol. The summed E-state index contributed by atoms with van der Waals surface area (Å²) in [5, 5.41) is 0. The Labute approximate surface area is 105 Å². The maximum absolute atomic E-state index is 2.31. The van der Waals surface area contributed by atoms with Gasteiger partial charge in [-0.2, -0.15) is 0 Å². The molecule has 0 unspecified atom stereocenters. The van der Waals surface area contributed by atoms with Gasteiger partial charge in [-0.3, -0.25) is 0 Å². The van der Waals surface area contributed by atoms with Crippen LogP contribution in [0.5, 0.6) is 0 Å². The van der Waals surface area contributed by atoms with Gasteiger partial charge in [-0.25, -0.2) is 0 Å². The van der Waals surface area contributed by atoms with Gasteiger partial charge in [0.2, 0.25) is 0 Å². The zero-order valence-electron chi connectivity index (χ0n) is 9.63. The third-order valence-corrected chi connectivity index (χ3v) is 10.4. The molecule has 0 amide bonds. The van der Waals surface area contributed by atoms with Crippen molar-refractivity contribution >= 4 is 27.2 Å². The standard InChI is InChI=1S/2C6H5.C3H7.Sb/c2*1-2-4-6-5-3-1;1-3-2;/h2*1-5H;1,3H2,2H3;. The molecule has 0 spiro atoms.